The number of aromatic nitrogens is 4. The van der Waals surface area contributed by atoms with Crippen LogP contribution in [0.15, 0.2) is 51.1 Å². The van der Waals surface area contributed by atoms with Crippen molar-refractivity contribution in [2.24, 2.45) is 21.6 Å². The van der Waals surface area contributed by atoms with Gasteiger partial charge in [0.15, 0.2) is 5.65 Å². The molecule has 62 heavy (non-hydrogen) atoms. The fourth-order valence-electron chi connectivity index (χ4n) is 5.06. The average Bonchev–Trinajstić information content (AvgIpc) is 3.91. The summed E-state index contributed by atoms with van der Waals surface area (Å²) in [5.41, 5.74) is 8.66. The molecule has 1 aliphatic heterocycles. The summed E-state index contributed by atoms with van der Waals surface area (Å²) in [6.07, 6.45) is 14.0. The number of thiol groups is 1. The number of nitrogens with one attached hydrogen (secondary N) is 1. The normalized spacial score (nSPS) is 10.8. The van der Waals surface area contributed by atoms with Crippen molar-refractivity contribution in [3.05, 3.63) is 57.1 Å². The number of hydrogen-bond acceptors (Lipinski definition) is 12. The Morgan fingerprint density at radius 3 is 1.97 bits per heavy atom. The third-order valence-corrected chi connectivity index (χ3v) is 9.09. The van der Waals surface area contributed by atoms with Gasteiger partial charge in [0.25, 0.3) is 0 Å². The van der Waals surface area contributed by atoms with Gasteiger partial charge in [0.2, 0.25) is 5.91 Å². The van der Waals surface area contributed by atoms with Crippen LogP contribution < -0.4 is 10.4 Å². The molecule has 0 saturated heterocycles. The van der Waals surface area contributed by atoms with Crippen LogP contribution in [0.5, 0.6) is 5.75 Å². The molecule has 1 amide bonds. The lowest BCUT2D eigenvalue weighted by atomic mass is 10.0. The predicted octanol–water partition coefficient (Wildman–Crippen LogP) is 5.74. The van der Waals surface area contributed by atoms with Crippen molar-refractivity contribution >= 4 is 46.0 Å². The zero-order chi connectivity index (χ0) is 44.4. The van der Waals surface area contributed by atoms with Crippen molar-refractivity contribution in [3.63, 3.8) is 0 Å². The van der Waals surface area contributed by atoms with E-state index in [0.29, 0.717) is 25.3 Å². The Hall–Kier alpha value is -8.81. The van der Waals surface area contributed by atoms with Crippen molar-refractivity contribution in [3.8, 4) is 137 Å². The van der Waals surface area contributed by atoms with Gasteiger partial charge in [-0.3, -0.25) is 9.36 Å². The lowest BCUT2D eigenvalue weighted by Gasteiger charge is -2.27. The Bertz CT molecular complexity index is 3060. The molecule has 2 aliphatic rings. The molecule has 0 spiro atoms. The molecule has 1 aromatic carbocycles. The molecule has 3 aromatic heterocycles. The minimum Gasteiger partial charge on any atom is -0.497 e. The lowest BCUT2D eigenvalue weighted by molar-refractivity contribution is -0.478. The van der Waals surface area contributed by atoms with Gasteiger partial charge in [-0.2, -0.15) is 19.4 Å². The van der Waals surface area contributed by atoms with Crippen LogP contribution in [0.25, 0.3) is 15.9 Å². The number of hydrogen-bond donors (Lipinski definition) is 3. The molecule has 0 radical (unpaired) electrons. The first-order valence-electron chi connectivity index (χ1n) is 17.3. The predicted molar refractivity (Wildman–Crippen MR) is 249 cm³/mol. The number of benzene rings is 1. The highest BCUT2D eigenvalue weighted by atomic mass is 32.1. The van der Waals surface area contributed by atoms with E-state index in [1.54, 1.807) is 23.0 Å². The Balaban J connectivity index is -0.000000237. The van der Waals surface area contributed by atoms with E-state index in [9.17, 15) is 9.59 Å². The highest BCUT2D eigenvalue weighted by Crippen LogP contribution is 2.39. The molecular weight excluding hydrogens is 829 g/mol. The smallest absolute Gasteiger partial charge is 0.352 e. The summed E-state index contributed by atoms with van der Waals surface area (Å²) in [4.78, 5) is 37.6. The summed E-state index contributed by atoms with van der Waals surface area (Å²) in [6.45, 7) is 1.76. The van der Waals surface area contributed by atoms with Crippen LogP contribution in [-0.2, 0) is 33.6 Å². The van der Waals surface area contributed by atoms with E-state index in [4.69, 9.17) is 28.4 Å². The molecule has 16 nitrogen and oxygen atoms in total. The number of ether oxygens (including phenoxy) is 1. The number of terminal acetylenes is 2. The lowest BCUT2D eigenvalue weighted by Crippen LogP contribution is -2.36. The van der Waals surface area contributed by atoms with Crippen LogP contribution in [0.3, 0.4) is 0 Å². The van der Waals surface area contributed by atoms with Gasteiger partial charge in [0, 0.05) is 77.3 Å². The Kier molecular flexibility index (Phi) is 18.9. The molecule has 2 N–H and O–H groups in total. The third-order valence-electron chi connectivity index (χ3n) is 7.71. The van der Waals surface area contributed by atoms with Crippen molar-refractivity contribution in [1.82, 2.24) is 29.4 Å². The first-order chi connectivity index (χ1) is 30.4. The number of fused-ring (bicyclic) bond motifs is 5. The molecule has 0 bridgehead atoms. The fourth-order valence-corrected chi connectivity index (χ4v) is 6.48. The number of carbonyl (C=O) groups is 1. The van der Waals surface area contributed by atoms with E-state index >= 15 is 0 Å². The summed E-state index contributed by atoms with van der Waals surface area (Å²) in [6, 6.07) is 7.72. The van der Waals surface area contributed by atoms with Gasteiger partial charge in [0.05, 0.1) is 25.6 Å². The largest absolute Gasteiger partial charge is 0.497 e. The van der Waals surface area contributed by atoms with Gasteiger partial charge >= 0.3 is 5.69 Å². The van der Waals surface area contributed by atoms with Gasteiger partial charge in [-0.1, -0.05) is 17.1 Å². The number of methoxy groups -OCH3 is 1. The zero-order valence-corrected chi connectivity index (χ0v) is 33.9. The van der Waals surface area contributed by atoms with E-state index in [2.05, 4.69) is 166 Å². The third kappa shape index (κ3) is 13.9. The SMILES string of the molecule is C#CC#CC#CC#CC#CC#CC#CC#CC#CC#CC#C.COc1ccc(Cn2c(=O)n3ncnc3c3c4c(sc32)CN(C(=O)C2CC2)CC4)cc1.N=N/N=N/N(OO)OS.[HH].[HH].[HH].[HH].[HH].[HH].[HH].[HH].[HH]. The standard InChI is InChI=1S/C22H21N5O3S.C22H2.H3N5O3S.9H2/c1-30-15-6-2-13(3-7-15)10-26-21-18(19-23-12-24-27(19)22(26)29)16-8-9-25(11-17(16)31-21)20(28)14-4-5-14;1-3-5-7-9-11-13-15-17-19-21-22-20-18-16-14-12-10-8-6-4-2;1-2-3-4-5(7-6)8-9;;;;;;;;;/h2-3,6-7,12,14H,4-5,8-11H2,1H3;1-2H;1,6,9H;9*1H/b;;2-1?,4-3+;;;;;;;;;. The second-order valence-corrected chi connectivity index (χ2v) is 12.6. The summed E-state index contributed by atoms with van der Waals surface area (Å²) in [5.74, 6) is 49.5. The highest BCUT2D eigenvalue weighted by Gasteiger charge is 2.36. The molecule has 1 fully saturated rings. The van der Waals surface area contributed by atoms with Crippen molar-refractivity contribution in [2.45, 2.75) is 32.4 Å². The number of carbonyl (C=O) groups excluding carboxylic acids is 1. The first kappa shape index (κ1) is 45.9. The van der Waals surface area contributed by atoms with E-state index in [1.165, 1.54) is 16.4 Å². The Morgan fingerprint density at radius 1 is 0.952 bits per heavy atom. The molecule has 1 aliphatic carbocycles. The highest BCUT2D eigenvalue weighted by molar-refractivity contribution is 7.75. The van der Waals surface area contributed by atoms with Crippen LogP contribution in [0.4, 0.5) is 0 Å². The Labute approximate surface area is 378 Å². The van der Waals surface area contributed by atoms with Crippen LogP contribution in [0, 0.1) is 143 Å². The maximum absolute atomic E-state index is 13.3. The van der Waals surface area contributed by atoms with Crippen LogP contribution in [-0.4, -0.2) is 54.2 Å². The molecule has 0 atom stereocenters. The first-order valence-corrected chi connectivity index (χ1v) is 18.5. The van der Waals surface area contributed by atoms with Crippen LogP contribution in [0.1, 0.15) is 41.7 Å². The van der Waals surface area contributed by atoms with Crippen molar-refractivity contribution in [1.29, 1.82) is 5.53 Å². The van der Waals surface area contributed by atoms with Gasteiger partial charge in [-0.25, -0.2) is 15.0 Å². The number of rotatable bonds is 8. The minimum atomic E-state index is -0.208. The molecule has 1 saturated carbocycles. The fraction of sp³-hybridized carbons (Fsp3) is 0.182. The van der Waals surface area contributed by atoms with Gasteiger partial charge in [-0.05, 0) is 148 Å². The molecule has 4 heterocycles. The topological polar surface area (TPSA) is 185 Å². The second-order valence-electron chi connectivity index (χ2n) is 11.4. The summed E-state index contributed by atoms with van der Waals surface area (Å²) >= 11 is 4.75. The molecule has 4 aromatic rings. The van der Waals surface area contributed by atoms with E-state index < -0.39 is 0 Å². The van der Waals surface area contributed by atoms with E-state index in [1.807, 2.05) is 29.2 Å². The van der Waals surface area contributed by atoms with E-state index in [0.717, 1.165) is 45.7 Å². The average molecular weight is 873 g/mol. The van der Waals surface area contributed by atoms with E-state index in [-0.39, 0.29) is 35.7 Å². The monoisotopic (exact) mass is 872 g/mol. The number of nitrogens with zero attached hydrogens (tertiary/aromatic N) is 9. The van der Waals surface area contributed by atoms with Crippen molar-refractivity contribution < 1.29 is 36.9 Å². The summed E-state index contributed by atoms with van der Waals surface area (Å²) in [5, 5.41) is 21.0. The molecule has 0 unspecified atom stereocenters. The summed E-state index contributed by atoms with van der Waals surface area (Å²) < 4.78 is 12.3. The Morgan fingerprint density at radius 2 is 1.50 bits per heavy atom. The molecular formula is C44H44N10O6S2. The zero-order valence-electron chi connectivity index (χ0n) is 32.2. The number of thiophene rings is 1. The van der Waals surface area contributed by atoms with Gasteiger partial charge < -0.3 is 9.64 Å². The molecule has 18 heteroatoms. The quantitative estimate of drug-likeness (QED) is 0.0497. The van der Waals surface area contributed by atoms with Crippen LogP contribution in [0.2, 0.25) is 0 Å². The molecule has 6 rings (SSSR count). The van der Waals surface area contributed by atoms with Gasteiger partial charge in [0.1, 0.15) is 16.9 Å². The maximum Gasteiger partial charge on any atom is 0.352 e. The number of amides is 1. The molecule has 318 valence electrons. The maximum atomic E-state index is 13.3. The van der Waals surface area contributed by atoms with Gasteiger partial charge in [-0.15, -0.1) is 24.2 Å². The second kappa shape index (κ2) is 25.5. The minimum absolute atomic E-state index is 0. The van der Waals surface area contributed by atoms with Crippen LogP contribution >= 0.6 is 24.2 Å². The summed E-state index contributed by atoms with van der Waals surface area (Å²) in [7, 11) is 1.63. The van der Waals surface area contributed by atoms with Crippen molar-refractivity contribution in [2.75, 3.05) is 13.7 Å².